The maximum Gasteiger partial charge on any atom is 0.322 e. The summed E-state index contributed by atoms with van der Waals surface area (Å²) in [6.45, 7) is 0.632. The van der Waals surface area contributed by atoms with Gasteiger partial charge in [0.2, 0.25) is 5.01 Å². The van der Waals surface area contributed by atoms with Crippen molar-refractivity contribution in [2.75, 3.05) is 17.2 Å². The summed E-state index contributed by atoms with van der Waals surface area (Å²) in [7, 11) is 0. The summed E-state index contributed by atoms with van der Waals surface area (Å²) in [6, 6.07) is 15.8. The number of hydrogen-bond acceptors (Lipinski definition) is 5. The number of amides is 3. The Bertz CT molecular complexity index is 1030. The van der Waals surface area contributed by atoms with Crippen molar-refractivity contribution < 1.29 is 9.59 Å². The number of nitrogens with zero attached hydrogens (tertiary/aromatic N) is 3. The molecule has 7 nitrogen and oxygen atoms in total. The number of likely N-dealkylation sites (tertiary alicyclic amines) is 1. The molecule has 0 saturated carbocycles. The standard InChI is InChI=1S/C20H18ClN5O2S/c21-13-6-4-9-15(12-13)22-17(27)19-25-24-18(29-19)16-10-5-11-26(16)20(28)23-14-7-2-1-3-8-14/h1-4,6-9,12,16H,5,10-11H2,(H,22,27)(H,23,28)/t16-/m0/s1. The van der Waals surface area contributed by atoms with Gasteiger partial charge in [0.25, 0.3) is 5.91 Å². The van der Waals surface area contributed by atoms with Gasteiger partial charge in [0.15, 0.2) is 0 Å². The fourth-order valence-electron chi connectivity index (χ4n) is 3.20. The van der Waals surface area contributed by atoms with E-state index in [1.165, 1.54) is 11.3 Å². The second-order valence-corrected chi connectivity index (χ2v) is 8.00. The molecule has 4 rings (SSSR count). The van der Waals surface area contributed by atoms with Crippen molar-refractivity contribution in [2.24, 2.45) is 0 Å². The van der Waals surface area contributed by atoms with E-state index < -0.39 is 0 Å². The maximum absolute atomic E-state index is 12.7. The Morgan fingerprint density at radius 3 is 2.62 bits per heavy atom. The van der Waals surface area contributed by atoms with Gasteiger partial charge in [-0.3, -0.25) is 4.79 Å². The average Bonchev–Trinajstić information content (AvgIpc) is 3.38. The highest BCUT2D eigenvalue weighted by Gasteiger charge is 2.33. The zero-order valence-electron chi connectivity index (χ0n) is 15.3. The highest BCUT2D eigenvalue weighted by atomic mass is 35.5. The van der Waals surface area contributed by atoms with E-state index in [1.54, 1.807) is 29.2 Å². The van der Waals surface area contributed by atoms with Gasteiger partial charge < -0.3 is 15.5 Å². The van der Waals surface area contributed by atoms with Crippen molar-refractivity contribution in [3.63, 3.8) is 0 Å². The number of carbonyl (C=O) groups is 2. The Balaban J connectivity index is 1.45. The molecular formula is C20H18ClN5O2S. The summed E-state index contributed by atoms with van der Waals surface area (Å²) >= 11 is 7.15. The third-order valence-electron chi connectivity index (χ3n) is 4.54. The number of rotatable bonds is 4. The van der Waals surface area contributed by atoms with Gasteiger partial charge in [-0.15, -0.1) is 10.2 Å². The Morgan fingerprint density at radius 2 is 1.83 bits per heavy atom. The van der Waals surface area contributed by atoms with Crippen LogP contribution < -0.4 is 10.6 Å². The quantitative estimate of drug-likeness (QED) is 0.625. The van der Waals surface area contributed by atoms with E-state index in [4.69, 9.17) is 11.6 Å². The first-order chi connectivity index (χ1) is 14.1. The SMILES string of the molecule is O=C(Nc1cccc(Cl)c1)c1nnc([C@@H]2CCCN2C(=O)Nc2ccccc2)s1. The largest absolute Gasteiger partial charge is 0.322 e. The van der Waals surface area contributed by atoms with Crippen LogP contribution in [0.4, 0.5) is 16.2 Å². The van der Waals surface area contributed by atoms with Gasteiger partial charge in [0, 0.05) is 22.9 Å². The molecule has 3 amide bonds. The average molecular weight is 428 g/mol. The number of hydrogen-bond donors (Lipinski definition) is 2. The van der Waals surface area contributed by atoms with Gasteiger partial charge in [0.1, 0.15) is 5.01 Å². The van der Waals surface area contributed by atoms with Crippen LogP contribution in [-0.2, 0) is 0 Å². The fourth-order valence-corrected chi connectivity index (χ4v) is 4.27. The predicted octanol–water partition coefficient (Wildman–Crippen LogP) is 4.81. The molecule has 1 fully saturated rings. The highest BCUT2D eigenvalue weighted by Crippen LogP contribution is 2.34. The third kappa shape index (κ3) is 4.55. The molecule has 1 aromatic heterocycles. The van der Waals surface area contributed by atoms with Crippen molar-refractivity contribution in [3.8, 4) is 0 Å². The molecule has 1 atom stereocenters. The summed E-state index contributed by atoms with van der Waals surface area (Å²) in [6.07, 6.45) is 1.66. The number of urea groups is 1. The van der Waals surface area contributed by atoms with Gasteiger partial charge in [-0.25, -0.2) is 4.79 Å². The van der Waals surface area contributed by atoms with E-state index in [-0.39, 0.29) is 23.0 Å². The first-order valence-electron chi connectivity index (χ1n) is 9.13. The molecule has 1 aliphatic heterocycles. The van der Waals surface area contributed by atoms with Crippen LogP contribution in [0.15, 0.2) is 54.6 Å². The second-order valence-electron chi connectivity index (χ2n) is 6.56. The van der Waals surface area contributed by atoms with Crippen LogP contribution in [0.25, 0.3) is 0 Å². The molecule has 29 heavy (non-hydrogen) atoms. The predicted molar refractivity (Wildman–Crippen MR) is 113 cm³/mol. The van der Waals surface area contributed by atoms with Crippen LogP contribution in [0.3, 0.4) is 0 Å². The normalized spacial score (nSPS) is 15.9. The van der Waals surface area contributed by atoms with E-state index in [2.05, 4.69) is 20.8 Å². The summed E-state index contributed by atoms with van der Waals surface area (Å²) < 4.78 is 0. The molecule has 1 aliphatic rings. The molecule has 2 N–H and O–H groups in total. The lowest BCUT2D eigenvalue weighted by atomic mass is 10.2. The summed E-state index contributed by atoms with van der Waals surface area (Å²) in [5, 5.41) is 15.3. The van der Waals surface area contributed by atoms with E-state index in [9.17, 15) is 9.59 Å². The first-order valence-corrected chi connectivity index (χ1v) is 10.3. The van der Waals surface area contributed by atoms with Crippen LogP contribution in [0.5, 0.6) is 0 Å². The fraction of sp³-hybridized carbons (Fsp3) is 0.200. The van der Waals surface area contributed by atoms with Gasteiger partial charge in [0.05, 0.1) is 6.04 Å². The summed E-state index contributed by atoms with van der Waals surface area (Å²) in [5.41, 5.74) is 1.32. The Hall–Kier alpha value is -2.97. The molecule has 3 aromatic rings. The second kappa shape index (κ2) is 8.59. The van der Waals surface area contributed by atoms with Crippen LogP contribution in [0.1, 0.15) is 33.7 Å². The van der Waals surface area contributed by atoms with E-state index >= 15 is 0 Å². The first kappa shape index (κ1) is 19.4. The number of benzene rings is 2. The lowest BCUT2D eigenvalue weighted by Gasteiger charge is -2.23. The molecule has 148 valence electrons. The number of aromatic nitrogens is 2. The minimum Gasteiger partial charge on any atom is -0.320 e. The molecule has 1 saturated heterocycles. The van der Waals surface area contributed by atoms with Gasteiger partial charge >= 0.3 is 6.03 Å². The van der Waals surface area contributed by atoms with Gasteiger partial charge in [-0.1, -0.05) is 47.2 Å². The van der Waals surface area contributed by atoms with Gasteiger partial charge in [-0.05, 0) is 43.2 Å². The lowest BCUT2D eigenvalue weighted by molar-refractivity contribution is 0.102. The molecule has 0 aliphatic carbocycles. The monoisotopic (exact) mass is 427 g/mol. The number of nitrogens with one attached hydrogen (secondary N) is 2. The minimum atomic E-state index is -0.352. The molecule has 0 bridgehead atoms. The molecule has 0 radical (unpaired) electrons. The Morgan fingerprint density at radius 1 is 1.03 bits per heavy atom. The van der Waals surface area contributed by atoms with Crippen LogP contribution in [0, 0.1) is 0 Å². The smallest absolute Gasteiger partial charge is 0.320 e. The van der Waals surface area contributed by atoms with Crippen molar-refractivity contribution in [1.82, 2.24) is 15.1 Å². The highest BCUT2D eigenvalue weighted by molar-refractivity contribution is 7.13. The third-order valence-corrected chi connectivity index (χ3v) is 5.80. The zero-order valence-corrected chi connectivity index (χ0v) is 16.9. The molecule has 2 aromatic carbocycles. The van der Waals surface area contributed by atoms with Crippen LogP contribution >= 0.6 is 22.9 Å². The Kier molecular flexibility index (Phi) is 5.73. The maximum atomic E-state index is 12.7. The lowest BCUT2D eigenvalue weighted by Crippen LogP contribution is -2.34. The topological polar surface area (TPSA) is 87.2 Å². The van der Waals surface area contributed by atoms with Gasteiger partial charge in [-0.2, -0.15) is 0 Å². The zero-order chi connectivity index (χ0) is 20.2. The van der Waals surface area contributed by atoms with Crippen LogP contribution in [-0.4, -0.2) is 33.6 Å². The summed E-state index contributed by atoms with van der Waals surface area (Å²) in [5.74, 6) is -0.352. The van der Waals surface area contributed by atoms with Crippen molar-refractivity contribution >= 4 is 46.3 Å². The van der Waals surface area contributed by atoms with Crippen molar-refractivity contribution in [1.29, 1.82) is 0 Å². The number of anilines is 2. The van der Waals surface area contributed by atoms with Crippen LogP contribution in [0.2, 0.25) is 5.02 Å². The molecular weight excluding hydrogens is 410 g/mol. The Labute approximate surface area is 176 Å². The number of para-hydroxylation sites is 1. The number of halogens is 1. The van der Waals surface area contributed by atoms with Crippen molar-refractivity contribution in [3.05, 3.63) is 69.6 Å². The molecule has 0 unspecified atom stereocenters. The number of carbonyl (C=O) groups excluding carboxylic acids is 2. The molecule has 0 spiro atoms. The van der Waals surface area contributed by atoms with E-state index in [1.807, 2.05) is 30.3 Å². The van der Waals surface area contributed by atoms with Crippen molar-refractivity contribution in [2.45, 2.75) is 18.9 Å². The van der Waals surface area contributed by atoms with E-state index in [0.29, 0.717) is 22.3 Å². The minimum absolute atomic E-state index is 0.182. The van der Waals surface area contributed by atoms with E-state index in [0.717, 1.165) is 18.5 Å². The summed E-state index contributed by atoms with van der Waals surface area (Å²) in [4.78, 5) is 26.9. The molecule has 9 heteroatoms. The molecule has 2 heterocycles.